The van der Waals surface area contributed by atoms with E-state index in [1.165, 1.54) is 57.8 Å². The lowest BCUT2D eigenvalue weighted by atomic mass is 10.1. The molecule has 3 nitrogen and oxygen atoms in total. The van der Waals surface area contributed by atoms with Crippen LogP contribution in [0.3, 0.4) is 0 Å². The second kappa shape index (κ2) is 18.2. The Morgan fingerprint density at radius 3 is 2.05 bits per heavy atom. The smallest absolute Gasteiger partial charge is 0.189 e. The summed E-state index contributed by atoms with van der Waals surface area (Å²) in [6.45, 7) is 5.35. The maximum atomic E-state index is 10.9. The summed E-state index contributed by atoms with van der Waals surface area (Å²) in [5.74, 6) is 0.415. The third-order valence-corrected chi connectivity index (χ3v) is 3.72. The number of ether oxygens (including phenoxy) is 2. The van der Waals surface area contributed by atoms with Crippen molar-refractivity contribution in [2.45, 2.75) is 90.9 Å². The summed E-state index contributed by atoms with van der Waals surface area (Å²) in [4.78, 5) is 10.9. The van der Waals surface area contributed by atoms with Gasteiger partial charge >= 0.3 is 0 Å². The van der Waals surface area contributed by atoms with E-state index < -0.39 is 0 Å². The topological polar surface area (TPSA) is 35.5 Å². The van der Waals surface area contributed by atoms with Crippen LogP contribution >= 0.6 is 0 Å². The quantitative estimate of drug-likeness (QED) is 0.112. The third kappa shape index (κ3) is 15.6. The zero-order valence-electron chi connectivity index (χ0n) is 14.8. The Bertz CT molecular complexity index is 261. The van der Waals surface area contributed by atoms with E-state index in [2.05, 4.69) is 13.8 Å². The van der Waals surface area contributed by atoms with Crippen LogP contribution in [0.15, 0.2) is 11.8 Å². The molecule has 0 saturated carbocycles. The van der Waals surface area contributed by atoms with E-state index in [1.807, 2.05) is 6.08 Å². The molecule has 0 aromatic carbocycles. The zero-order valence-corrected chi connectivity index (χ0v) is 14.8. The molecule has 0 saturated heterocycles. The van der Waals surface area contributed by atoms with Gasteiger partial charge in [0.05, 0.1) is 6.61 Å². The molecular weight excluding hydrogens is 276 g/mol. The van der Waals surface area contributed by atoms with Crippen LogP contribution in [0.1, 0.15) is 90.9 Å². The van der Waals surface area contributed by atoms with Crippen molar-refractivity contribution < 1.29 is 14.3 Å². The number of hydrogen-bond acceptors (Lipinski definition) is 3. The summed E-state index contributed by atoms with van der Waals surface area (Å²) < 4.78 is 10.7. The average Bonchev–Trinajstić information content (AvgIpc) is 2.54. The highest BCUT2D eigenvalue weighted by molar-refractivity contribution is 5.69. The number of hydrogen-bond donors (Lipinski definition) is 0. The minimum Gasteiger partial charge on any atom is -0.464 e. The van der Waals surface area contributed by atoms with Gasteiger partial charge in [-0.05, 0) is 25.3 Å². The molecule has 0 amide bonds. The minimum absolute atomic E-state index is 0.190. The molecule has 0 aromatic rings. The first-order chi connectivity index (χ1) is 10.8. The molecule has 0 heterocycles. The molecule has 0 aromatic heterocycles. The van der Waals surface area contributed by atoms with Crippen molar-refractivity contribution in [2.24, 2.45) is 0 Å². The Morgan fingerprint density at radius 2 is 1.41 bits per heavy atom. The Hall–Kier alpha value is -0.830. The van der Waals surface area contributed by atoms with E-state index in [0.717, 1.165) is 32.2 Å². The van der Waals surface area contributed by atoms with Crippen LogP contribution in [-0.4, -0.2) is 19.7 Å². The van der Waals surface area contributed by atoms with Crippen molar-refractivity contribution in [3.05, 3.63) is 11.8 Å². The van der Waals surface area contributed by atoms with Crippen LogP contribution in [0, 0.1) is 0 Å². The maximum Gasteiger partial charge on any atom is 0.189 e. The van der Waals surface area contributed by atoms with Crippen LogP contribution in [-0.2, 0) is 14.3 Å². The van der Waals surface area contributed by atoms with Gasteiger partial charge in [-0.1, -0.05) is 71.6 Å². The summed E-state index contributed by atoms with van der Waals surface area (Å²) in [7, 11) is 0. The predicted octanol–water partition coefficient (Wildman–Crippen LogP) is 5.78. The first-order valence-corrected chi connectivity index (χ1v) is 9.21. The van der Waals surface area contributed by atoms with Gasteiger partial charge in [-0.2, -0.15) is 0 Å². The average molecular weight is 312 g/mol. The molecule has 130 valence electrons. The molecule has 0 bridgehead atoms. The highest BCUT2D eigenvalue weighted by Gasteiger charge is 1.97. The van der Waals surface area contributed by atoms with Gasteiger partial charge in [0.2, 0.25) is 0 Å². The third-order valence-electron chi connectivity index (χ3n) is 3.72. The molecule has 0 fully saturated rings. The SMILES string of the molecule is CCCCCCC/C=C(\C=O)OCOCCCCCCCC. The first-order valence-electron chi connectivity index (χ1n) is 9.21. The second-order valence-corrected chi connectivity index (χ2v) is 5.87. The number of aldehydes is 1. The van der Waals surface area contributed by atoms with Gasteiger partial charge in [0.15, 0.2) is 18.8 Å². The molecule has 0 rings (SSSR count). The van der Waals surface area contributed by atoms with Crippen LogP contribution in [0.4, 0.5) is 0 Å². The van der Waals surface area contributed by atoms with Gasteiger partial charge in [0.25, 0.3) is 0 Å². The summed E-state index contributed by atoms with van der Waals surface area (Å²) in [6, 6.07) is 0. The molecule has 0 aliphatic carbocycles. The fourth-order valence-electron chi connectivity index (χ4n) is 2.29. The lowest BCUT2D eigenvalue weighted by molar-refractivity contribution is -0.111. The monoisotopic (exact) mass is 312 g/mol. The lowest BCUT2D eigenvalue weighted by Gasteiger charge is -2.07. The summed E-state index contributed by atoms with van der Waals surface area (Å²) >= 11 is 0. The van der Waals surface area contributed by atoms with E-state index >= 15 is 0 Å². The van der Waals surface area contributed by atoms with Crippen molar-refractivity contribution in [3.63, 3.8) is 0 Å². The largest absolute Gasteiger partial charge is 0.464 e. The zero-order chi connectivity index (χ0) is 16.3. The van der Waals surface area contributed by atoms with E-state index in [-0.39, 0.29) is 6.79 Å². The lowest BCUT2D eigenvalue weighted by Crippen LogP contribution is -2.02. The Balaban J connectivity index is 3.43. The van der Waals surface area contributed by atoms with Crippen LogP contribution < -0.4 is 0 Å². The number of rotatable bonds is 17. The van der Waals surface area contributed by atoms with Crippen molar-refractivity contribution >= 4 is 6.29 Å². The van der Waals surface area contributed by atoms with Crippen molar-refractivity contribution in [3.8, 4) is 0 Å². The van der Waals surface area contributed by atoms with E-state index in [1.54, 1.807) is 0 Å². The minimum atomic E-state index is 0.190. The number of carbonyl (C=O) groups excluding carboxylic acids is 1. The molecule has 0 aliphatic rings. The fourth-order valence-corrected chi connectivity index (χ4v) is 2.29. The fraction of sp³-hybridized carbons (Fsp3) is 0.842. The van der Waals surface area contributed by atoms with Gasteiger partial charge in [-0.15, -0.1) is 0 Å². The summed E-state index contributed by atoms with van der Waals surface area (Å²) in [5.41, 5.74) is 0. The van der Waals surface area contributed by atoms with Crippen LogP contribution in [0.5, 0.6) is 0 Å². The predicted molar refractivity (Wildman–Crippen MR) is 92.8 cm³/mol. The van der Waals surface area contributed by atoms with Gasteiger partial charge in [-0.3, -0.25) is 4.79 Å². The molecular formula is C19H36O3. The molecule has 0 radical (unpaired) electrons. The molecule has 0 N–H and O–H groups in total. The van der Waals surface area contributed by atoms with Gasteiger partial charge in [-0.25, -0.2) is 0 Å². The highest BCUT2D eigenvalue weighted by Crippen LogP contribution is 2.08. The van der Waals surface area contributed by atoms with Crippen LogP contribution in [0.25, 0.3) is 0 Å². The standard InChI is InChI=1S/C19H36O3/c1-3-5-7-9-11-13-15-19(17-20)22-18-21-16-14-12-10-8-6-4-2/h15,17H,3-14,16,18H2,1-2H3/b19-15+. The number of carbonyl (C=O) groups is 1. The molecule has 22 heavy (non-hydrogen) atoms. The molecule has 0 unspecified atom stereocenters. The van der Waals surface area contributed by atoms with E-state index in [4.69, 9.17) is 9.47 Å². The van der Waals surface area contributed by atoms with Crippen LogP contribution in [0.2, 0.25) is 0 Å². The Morgan fingerprint density at radius 1 is 0.818 bits per heavy atom. The van der Waals surface area contributed by atoms with Gasteiger partial charge in [0.1, 0.15) is 0 Å². The second-order valence-electron chi connectivity index (χ2n) is 5.87. The Kier molecular flexibility index (Phi) is 17.5. The maximum absolute atomic E-state index is 10.9. The normalized spacial score (nSPS) is 11.6. The van der Waals surface area contributed by atoms with Gasteiger partial charge < -0.3 is 9.47 Å². The molecule has 3 heteroatoms. The molecule has 0 aliphatic heterocycles. The van der Waals surface area contributed by atoms with Crippen molar-refractivity contribution in [1.29, 1.82) is 0 Å². The number of unbranched alkanes of at least 4 members (excludes halogenated alkanes) is 10. The molecule has 0 atom stereocenters. The molecule has 0 spiro atoms. The first kappa shape index (κ1) is 21.2. The summed E-state index contributed by atoms with van der Waals surface area (Å²) in [5, 5.41) is 0. The van der Waals surface area contributed by atoms with Crippen molar-refractivity contribution in [2.75, 3.05) is 13.4 Å². The van der Waals surface area contributed by atoms with Crippen molar-refractivity contribution in [1.82, 2.24) is 0 Å². The Labute approximate surface area is 137 Å². The summed E-state index contributed by atoms with van der Waals surface area (Å²) in [6.07, 6.45) is 17.3. The van der Waals surface area contributed by atoms with E-state index in [0.29, 0.717) is 5.76 Å². The van der Waals surface area contributed by atoms with Gasteiger partial charge in [0, 0.05) is 0 Å². The van der Waals surface area contributed by atoms with E-state index in [9.17, 15) is 4.79 Å². The number of allylic oxidation sites excluding steroid dienone is 2. The highest BCUT2D eigenvalue weighted by atomic mass is 16.7.